The molecule has 8 heteroatoms. The number of hydrogen-bond donors (Lipinski definition) is 0. The van der Waals surface area contributed by atoms with Gasteiger partial charge in [0.25, 0.3) is 5.91 Å². The lowest BCUT2D eigenvalue weighted by Gasteiger charge is -2.35. The zero-order valence-corrected chi connectivity index (χ0v) is 22.5. The van der Waals surface area contributed by atoms with Crippen molar-refractivity contribution in [3.8, 4) is 0 Å². The molecule has 2 fully saturated rings. The van der Waals surface area contributed by atoms with Crippen LogP contribution in [0.15, 0.2) is 47.5 Å². The van der Waals surface area contributed by atoms with Crippen molar-refractivity contribution in [2.24, 2.45) is 11.8 Å². The molecule has 0 aliphatic carbocycles. The summed E-state index contributed by atoms with van der Waals surface area (Å²) in [5, 5.41) is 4.62. The van der Waals surface area contributed by atoms with Crippen LogP contribution in [0.1, 0.15) is 66.2 Å². The van der Waals surface area contributed by atoms with Crippen LogP contribution in [-0.2, 0) is 10.0 Å². The summed E-state index contributed by atoms with van der Waals surface area (Å²) in [4.78, 5) is 15.9. The van der Waals surface area contributed by atoms with E-state index in [-0.39, 0.29) is 11.8 Å². The zero-order chi connectivity index (χ0) is 25.6. The number of hydrogen-bond acceptors (Lipinski definition) is 4. The van der Waals surface area contributed by atoms with E-state index in [0.29, 0.717) is 35.4 Å². The summed E-state index contributed by atoms with van der Waals surface area (Å²) < 4.78 is 29.6. The molecule has 4 heterocycles. The minimum atomic E-state index is -3.49. The number of sulfonamides is 1. The van der Waals surface area contributed by atoms with Crippen LogP contribution in [0.25, 0.3) is 5.52 Å². The number of pyridine rings is 1. The van der Waals surface area contributed by atoms with Gasteiger partial charge in [0.15, 0.2) is 0 Å². The first-order valence-electron chi connectivity index (χ1n) is 13.0. The second-order valence-corrected chi connectivity index (χ2v) is 12.8. The Hall–Kier alpha value is -2.71. The van der Waals surface area contributed by atoms with Crippen molar-refractivity contribution in [3.63, 3.8) is 0 Å². The Morgan fingerprint density at radius 2 is 1.61 bits per heavy atom. The van der Waals surface area contributed by atoms with Crippen LogP contribution >= 0.6 is 0 Å². The minimum absolute atomic E-state index is 0.0667. The first-order valence-corrected chi connectivity index (χ1v) is 14.4. The fraction of sp³-hybridized carbons (Fsp3) is 0.500. The van der Waals surface area contributed by atoms with Crippen molar-refractivity contribution >= 4 is 21.4 Å². The van der Waals surface area contributed by atoms with Gasteiger partial charge < -0.3 is 4.90 Å². The molecule has 2 aliphatic heterocycles. The molecular weight excluding hydrogens is 472 g/mol. The lowest BCUT2D eigenvalue weighted by molar-refractivity contribution is 0.0624. The van der Waals surface area contributed by atoms with E-state index in [0.717, 1.165) is 54.7 Å². The Kier molecular flexibility index (Phi) is 6.68. The zero-order valence-electron chi connectivity index (χ0n) is 21.6. The van der Waals surface area contributed by atoms with Crippen molar-refractivity contribution in [1.82, 2.24) is 18.8 Å². The van der Waals surface area contributed by atoms with Gasteiger partial charge in [-0.1, -0.05) is 31.5 Å². The Morgan fingerprint density at radius 3 is 2.25 bits per heavy atom. The molecule has 5 rings (SSSR count). The van der Waals surface area contributed by atoms with Crippen molar-refractivity contribution < 1.29 is 13.2 Å². The van der Waals surface area contributed by atoms with E-state index in [1.54, 1.807) is 21.0 Å². The molecule has 7 nitrogen and oxygen atoms in total. The standard InChI is InChI=1S/C28H36N4O3S/c1-19-5-7-25(8-6-19)36(34,35)31-12-9-23(10-13-31)24-11-14-32-26(16-24)27(22(4)29-32)28(33)30-17-20(2)15-21(3)18-30/h5-8,11,14,16,20-21,23H,9-10,12-13,15,17-18H2,1-4H3. The molecule has 1 aromatic carbocycles. The summed E-state index contributed by atoms with van der Waals surface area (Å²) in [6.07, 6.45) is 4.59. The molecule has 0 radical (unpaired) electrons. The first-order chi connectivity index (χ1) is 17.1. The lowest BCUT2D eigenvalue weighted by atomic mass is 9.90. The average Bonchev–Trinajstić information content (AvgIpc) is 3.18. The number of nitrogens with zero attached hydrogens (tertiary/aromatic N) is 4. The fourth-order valence-corrected chi connectivity index (χ4v) is 7.44. The average molecular weight is 509 g/mol. The van der Waals surface area contributed by atoms with Gasteiger partial charge in [-0.2, -0.15) is 9.40 Å². The molecule has 36 heavy (non-hydrogen) atoms. The summed E-state index contributed by atoms with van der Waals surface area (Å²) in [5.41, 5.74) is 4.47. The molecule has 0 N–H and O–H groups in total. The highest BCUT2D eigenvalue weighted by atomic mass is 32.2. The Labute approximate surface area is 214 Å². The number of benzene rings is 1. The van der Waals surface area contributed by atoms with Gasteiger partial charge in [-0.3, -0.25) is 4.79 Å². The predicted octanol–water partition coefficient (Wildman–Crippen LogP) is 4.64. The summed E-state index contributed by atoms with van der Waals surface area (Å²) >= 11 is 0. The first kappa shape index (κ1) is 25.0. The molecule has 192 valence electrons. The second kappa shape index (κ2) is 9.63. The molecule has 3 aromatic rings. The normalized spacial score (nSPS) is 22.3. The number of piperidine rings is 2. The van der Waals surface area contributed by atoms with Crippen LogP contribution < -0.4 is 0 Å². The number of rotatable bonds is 4. The Balaban J connectivity index is 1.35. The van der Waals surface area contributed by atoms with E-state index in [2.05, 4.69) is 31.1 Å². The Morgan fingerprint density at radius 1 is 0.972 bits per heavy atom. The molecule has 2 saturated heterocycles. The molecule has 2 aromatic heterocycles. The quantitative estimate of drug-likeness (QED) is 0.515. The van der Waals surface area contributed by atoms with Gasteiger partial charge in [-0.05, 0) is 80.7 Å². The maximum absolute atomic E-state index is 13.6. The smallest absolute Gasteiger partial charge is 0.257 e. The molecule has 0 spiro atoms. The van der Waals surface area contributed by atoms with Gasteiger partial charge in [0, 0.05) is 32.4 Å². The van der Waals surface area contributed by atoms with Gasteiger partial charge in [0.2, 0.25) is 10.0 Å². The predicted molar refractivity (Wildman–Crippen MR) is 141 cm³/mol. The molecule has 2 aliphatic rings. The largest absolute Gasteiger partial charge is 0.338 e. The molecular formula is C28H36N4O3S. The molecule has 0 saturated carbocycles. The van der Waals surface area contributed by atoms with Crippen molar-refractivity contribution in [3.05, 3.63) is 65.0 Å². The van der Waals surface area contributed by atoms with Crippen LogP contribution in [0.5, 0.6) is 0 Å². The number of likely N-dealkylation sites (tertiary alicyclic amines) is 1. The number of aryl methyl sites for hydroxylation is 2. The van der Waals surface area contributed by atoms with Crippen LogP contribution in [0, 0.1) is 25.7 Å². The topological polar surface area (TPSA) is 75.0 Å². The van der Waals surface area contributed by atoms with Crippen LogP contribution in [0.4, 0.5) is 0 Å². The van der Waals surface area contributed by atoms with E-state index in [1.807, 2.05) is 37.1 Å². The summed E-state index contributed by atoms with van der Waals surface area (Å²) in [5.74, 6) is 1.30. The van der Waals surface area contributed by atoms with E-state index < -0.39 is 10.0 Å². The maximum Gasteiger partial charge on any atom is 0.257 e. The number of aromatic nitrogens is 2. The van der Waals surface area contributed by atoms with Crippen LogP contribution in [-0.4, -0.2) is 59.3 Å². The van der Waals surface area contributed by atoms with Gasteiger partial charge in [0.1, 0.15) is 0 Å². The Bertz CT molecular complexity index is 1360. The van der Waals surface area contributed by atoms with Crippen molar-refractivity contribution in [1.29, 1.82) is 0 Å². The number of amides is 1. The van der Waals surface area contributed by atoms with Gasteiger partial charge in [-0.15, -0.1) is 0 Å². The lowest BCUT2D eigenvalue weighted by Crippen LogP contribution is -2.42. The van der Waals surface area contributed by atoms with Crippen molar-refractivity contribution in [2.75, 3.05) is 26.2 Å². The molecule has 1 amide bonds. The third-order valence-electron chi connectivity index (χ3n) is 7.79. The van der Waals surface area contributed by atoms with Crippen LogP contribution in [0.3, 0.4) is 0 Å². The highest BCUT2D eigenvalue weighted by Crippen LogP contribution is 2.33. The third-order valence-corrected chi connectivity index (χ3v) is 9.70. The summed E-state index contributed by atoms with van der Waals surface area (Å²) in [6, 6.07) is 11.2. The number of carbonyl (C=O) groups is 1. The fourth-order valence-electron chi connectivity index (χ4n) is 5.97. The van der Waals surface area contributed by atoms with Gasteiger partial charge in [0.05, 0.1) is 21.7 Å². The monoisotopic (exact) mass is 508 g/mol. The van der Waals surface area contributed by atoms with E-state index >= 15 is 0 Å². The van der Waals surface area contributed by atoms with E-state index in [1.165, 1.54) is 0 Å². The van der Waals surface area contributed by atoms with Crippen molar-refractivity contribution in [2.45, 2.75) is 57.8 Å². The molecule has 2 unspecified atom stereocenters. The molecule has 2 atom stereocenters. The van der Waals surface area contributed by atoms with E-state index in [9.17, 15) is 13.2 Å². The van der Waals surface area contributed by atoms with E-state index in [4.69, 9.17) is 0 Å². The SMILES string of the molecule is Cc1ccc(S(=O)(=O)N2CCC(c3ccn4nc(C)c(C(=O)N5CC(C)CC(C)C5)c4c3)CC2)cc1. The second-order valence-electron chi connectivity index (χ2n) is 10.9. The van der Waals surface area contributed by atoms with Crippen LogP contribution in [0.2, 0.25) is 0 Å². The third kappa shape index (κ3) is 4.68. The van der Waals surface area contributed by atoms with Gasteiger partial charge in [-0.25, -0.2) is 12.9 Å². The molecule has 0 bridgehead atoms. The summed E-state index contributed by atoms with van der Waals surface area (Å²) in [6.45, 7) is 10.8. The summed E-state index contributed by atoms with van der Waals surface area (Å²) in [7, 11) is -3.49. The number of carbonyl (C=O) groups excluding carboxylic acids is 1. The minimum Gasteiger partial charge on any atom is -0.338 e. The number of fused-ring (bicyclic) bond motifs is 1. The highest BCUT2D eigenvalue weighted by Gasteiger charge is 2.32. The van der Waals surface area contributed by atoms with Gasteiger partial charge >= 0.3 is 0 Å². The maximum atomic E-state index is 13.6. The highest BCUT2D eigenvalue weighted by molar-refractivity contribution is 7.89.